The highest BCUT2D eigenvalue weighted by Gasteiger charge is 2.38. The zero-order valence-corrected chi connectivity index (χ0v) is 26.5. The lowest BCUT2D eigenvalue weighted by Gasteiger charge is -2.16. The van der Waals surface area contributed by atoms with Gasteiger partial charge in [0.1, 0.15) is 23.9 Å². The smallest absolute Gasteiger partial charge is 0.261 e. The van der Waals surface area contributed by atoms with E-state index in [0.29, 0.717) is 37.6 Å². The third kappa shape index (κ3) is 6.40. The number of nitrogens with one attached hydrogen (secondary N) is 2. The highest BCUT2D eigenvalue weighted by atomic mass is 19.3. The van der Waals surface area contributed by atoms with Gasteiger partial charge in [0.15, 0.2) is 0 Å². The van der Waals surface area contributed by atoms with E-state index in [1.54, 1.807) is 23.5 Å². The summed E-state index contributed by atoms with van der Waals surface area (Å²) in [6, 6.07) is 15.0. The molecule has 11 heteroatoms. The predicted molar refractivity (Wildman–Crippen MR) is 181 cm³/mol. The minimum Gasteiger partial charge on any atom is -0.492 e. The zero-order valence-electron chi connectivity index (χ0n) is 26.5. The van der Waals surface area contributed by atoms with E-state index >= 15 is 0 Å². The molecule has 246 valence electrons. The van der Waals surface area contributed by atoms with Crippen LogP contribution in [0.5, 0.6) is 5.75 Å². The molecule has 0 radical (unpaired) electrons. The maximum atomic E-state index is 14.9. The summed E-state index contributed by atoms with van der Waals surface area (Å²) in [5.41, 5.74) is 8.56. The number of benzene rings is 2. The molecule has 0 unspecified atom stereocenters. The summed E-state index contributed by atoms with van der Waals surface area (Å²) in [6.07, 6.45) is 9.53. The Morgan fingerprint density at radius 3 is 2.67 bits per heavy atom. The maximum Gasteiger partial charge on any atom is 0.261 e. The Bertz CT molecular complexity index is 2020. The second-order valence-corrected chi connectivity index (χ2v) is 12.9. The average Bonchev–Trinajstić information content (AvgIpc) is 3.87. The van der Waals surface area contributed by atoms with E-state index in [0.717, 1.165) is 75.4 Å². The van der Waals surface area contributed by atoms with Gasteiger partial charge in [-0.25, -0.2) is 13.2 Å². The number of nitrogens with zero attached hydrogens (tertiary/aromatic N) is 5. The molecule has 3 aliphatic heterocycles. The molecular formula is C37H36F3N7O. The monoisotopic (exact) mass is 651 g/mol. The summed E-state index contributed by atoms with van der Waals surface area (Å²) in [5, 5.41) is 8.73. The Morgan fingerprint density at radius 1 is 0.917 bits per heavy atom. The molecule has 2 saturated heterocycles. The number of halogens is 3. The zero-order chi connectivity index (χ0) is 32.7. The number of H-pyrrole nitrogens is 2. The minimum absolute atomic E-state index is 0.109. The molecule has 0 saturated carbocycles. The molecule has 0 aliphatic carbocycles. The highest BCUT2D eigenvalue weighted by molar-refractivity contribution is 5.98. The van der Waals surface area contributed by atoms with E-state index in [-0.39, 0.29) is 18.8 Å². The molecule has 0 amide bonds. The van der Waals surface area contributed by atoms with Crippen LogP contribution in [-0.4, -0.2) is 81.4 Å². The van der Waals surface area contributed by atoms with Crippen LogP contribution in [0.4, 0.5) is 13.2 Å². The number of hydrogen-bond acceptors (Lipinski definition) is 6. The Hall–Kier alpha value is -4.74. The molecule has 8 rings (SSSR count). The van der Waals surface area contributed by atoms with Crippen molar-refractivity contribution >= 4 is 22.7 Å². The number of rotatable bonds is 9. The molecule has 2 fully saturated rings. The number of likely N-dealkylation sites (tertiary alicyclic amines) is 2. The van der Waals surface area contributed by atoms with Crippen molar-refractivity contribution in [2.24, 2.45) is 4.99 Å². The van der Waals surface area contributed by atoms with Gasteiger partial charge in [-0.1, -0.05) is 6.07 Å². The molecule has 5 aromatic rings. The molecule has 0 atom stereocenters. The number of alkyl halides is 2. The third-order valence-electron chi connectivity index (χ3n) is 9.44. The first-order valence-corrected chi connectivity index (χ1v) is 16.5. The van der Waals surface area contributed by atoms with Crippen LogP contribution in [0.1, 0.15) is 41.6 Å². The number of hydrogen-bond donors (Lipinski definition) is 2. The van der Waals surface area contributed by atoms with Crippen molar-refractivity contribution in [3.05, 3.63) is 95.2 Å². The van der Waals surface area contributed by atoms with Gasteiger partial charge in [0, 0.05) is 72.9 Å². The first-order chi connectivity index (χ1) is 23.4. The van der Waals surface area contributed by atoms with Crippen molar-refractivity contribution < 1.29 is 17.9 Å². The molecule has 0 bridgehead atoms. The van der Waals surface area contributed by atoms with Crippen LogP contribution < -0.4 is 4.74 Å². The van der Waals surface area contributed by atoms with Crippen LogP contribution in [0.3, 0.4) is 0 Å². The second-order valence-electron chi connectivity index (χ2n) is 12.9. The second kappa shape index (κ2) is 12.7. The lowest BCUT2D eigenvalue weighted by molar-refractivity contribution is 0.0115. The molecule has 2 aromatic carbocycles. The van der Waals surface area contributed by atoms with Crippen LogP contribution in [-0.2, 0) is 13.1 Å². The normalized spacial score (nSPS) is 17.9. The lowest BCUT2D eigenvalue weighted by Crippen LogP contribution is -2.25. The molecule has 8 nitrogen and oxygen atoms in total. The molecule has 3 aliphatic rings. The van der Waals surface area contributed by atoms with E-state index < -0.39 is 5.92 Å². The van der Waals surface area contributed by atoms with E-state index in [1.165, 1.54) is 25.0 Å². The summed E-state index contributed by atoms with van der Waals surface area (Å²) in [6.45, 7) is 4.53. The van der Waals surface area contributed by atoms with Crippen molar-refractivity contribution in [2.45, 2.75) is 38.3 Å². The molecule has 0 spiro atoms. The number of aromatic nitrogens is 4. The Morgan fingerprint density at radius 2 is 1.81 bits per heavy atom. The predicted octanol–water partition coefficient (Wildman–Crippen LogP) is 7.09. The van der Waals surface area contributed by atoms with Gasteiger partial charge in [-0.2, -0.15) is 5.10 Å². The van der Waals surface area contributed by atoms with Gasteiger partial charge in [-0.3, -0.25) is 24.9 Å². The summed E-state index contributed by atoms with van der Waals surface area (Å²) in [7, 11) is 0. The highest BCUT2D eigenvalue weighted by Crippen LogP contribution is 2.37. The summed E-state index contributed by atoms with van der Waals surface area (Å²) >= 11 is 0. The summed E-state index contributed by atoms with van der Waals surface area (Å²) in [4.78, 5) is 16.6. The Balaban J connectivity index is 1.07. The van der Waals surface area contributed by atoms with Crippen LogP contribution in [0, 0.1) is 5.82 Å². The van der Waals surface area contributed by atoms with Crippen molar-refractivity contribution in [1.82, 2.24) is 30.0 Å². The topological polar surface area (TPSA) is 85.4 Å². The standard InChI is InChI=1S/C37H36F3N7O/c38-28-14-26(15-29(17-28)48-12-11-46-8-1-2-9-46)30-5-7-41-21-35-31(30)18-34(43-35)36-32-16-25(3-4-33(32)44-45-36)27-13-24(19-42-20-27)22-47-10-6-37(39,40)23-47/h3-5,7,13-20,43H,1-2,6,8-12,21-23H2,(H,44,45). The number of pyridine rings is 1. The molecule has 3 aromatic heterocycles. The average molecular weight is 652 g/mol. The van der Waals surface area contributed by atoms with Gasteiger partial charge in [0.2, 0.25) is 0 Å². The van der Waals surface area contributed by atoms with Crippen molar-refractivity contribution in [3.8, 4) is 28.3 Å². The lowest BCUT2D eigenvalue weighted by atomic mass is 9.97. The van der Waals surface area contributed by atoms with Crippen LogP contribution in [0.2, 0.25) is 0 Å². The number of fused-ring (bicyclic) bond motifs is 2. The van der Waals surface area contributed by atoms with Gasteiger partial charge in [0.25, 0.3) is 5.92 Å². The number of allylic oxidation sites excluding steroid dienone is 1. The Kier molecular flexibility index (Phi) is 8.09. The minimum atomic E-state index is -2.63. The van der Waals surface area contributed by atoms with Crippen LogP contribution in [0.25, 0.3) is 39.0 Å². The largest absolute Gasteiger partial charge is 0.492 e. The van der Waals surface area contributed by atoms with E-state index in [9.17, 15) is 13.2 Å². The van der Waals surface area contributed by atoms with Crippen molar-refractivity contribution in [3.63, 3.8) is 0 Å². The van der Waals surface area contributed by atoms with Crippen LogP contribution in [0.15, 0.2) is 72.0 Å². The van der Waals surface area contributed by atoms with E-state index in [1.807, 2.05) is 36.4 Å². The molecule has 2 N–H and O–H groups in total. The molecule has 6 heterocycles. The fourth-order valence-corrected chi connectivity index (χ4v) is 7.03. The summed E-state index contributed by atoms with van der Waals surface area (Å²) in [5.74, 6) is -2.48. The molecule has 48 heavy (non-hydrogen) atoms. The van der Waals surface area contributed by atoms with Gasteiger partial charge < -0.3 is 9.72 Å². The van der Waals surface area contributed by atoms with Gasteiger partial charge in [0.05, 0.1) is 24.3 Å². The third-order valence-corrected chi connectivity index (χ3v) is 9.44. The van der Waals surface area contributed by atoms with Crippen molar-refractivity contribution in [2.75, 3.05) is 39.3 Å². The first kappa shape index (κ1) is 30.6. The van der Waals surface area contributed by atoms with Crippen LogP contribution >= 0.6 is 0 Å². The maximum absolute atomic E-state index is 14.9. The van der Waals surface area contributed by atoms with E-state index in [2.05, 4.69) is 36.1 Å². The van der Waals surface area contributed by atoms with Gasteiger partial charge >= 0.3 is 0 Å². The summed E-state index contributed by atoms with van der Waals surface area (Å²) < 4.78 is 48.4. The van der Waals surface area contributed by atoms with Gasteiger partial charge in [-0.15, -0.1) is 0 Å². The Labute approximate surface area is 276 Å². The SMILES string of the molecule is Fc1cc(OCCN2CCCC2)cc(C2=CC=NCc3[nH]c(-c4n[nH]c5ccc(-c6cncc(CN7CCC(F)(F)C7)c6)cc45)cc32)c1. The first-order valence-electron chi connectivity index (χ1n) is 16.5. The fraction of sp³-hybridized carbons (Fsp3) is 0.324. The van der Waals surface area contributed by atoms with Gasteiger partial charge in [-0.05, 0) is 90.7 Å². The van der Waals surface area contributed by atoms with Crippen molar-refractivity contribution in [1.29, 1.82) is 0 Å². The van der Waals surface area contributed by atoms with E-state index in [4.69, 9.17) is 4.74 Å². The quantitative estimate of drug-likeness (QED) is 0.178. The number of aromatic amines is 2. The number of ether oxygens (including phenoxy) is 1. The number of aliphatic imine (C=N–C) groups is 1. The fourth-order valence-electron chi connectivity index (χ4n) is 7.03. The molecular weight excluding hydrogens is 615 g/mol.